The number of halogens is 3. The number of rotatable bonds is 6. The lowest BCUT2D eigenvalue weighted by atomic mass is 9.76. The molecule has 1 aliphatic rings. The number of aryl methyl sites for hydroxylation is 1. The second-order valence-electron chi connectivity index (χ2n) is 7.39. The molecule has 0 N–H and O–H groups in total. The van der Waals surface area contributed by atoms with Crippen molar-refractivity contribution >= 4 is 0 Å². The topological polar surface area (TPSA) is 12.9 Å². The molecule has 0 amide bonds. The van der Waals surface area contributed by atoms with Gasteiger partial charge < -0.3 is 0 Å². The Kier molecular flexibility index (Phi) is 6.33. The van der Waals surface area contributed by atoms with E-state index in [0.29, 0.717) is 5.92 Å². The lowest BCUT2D eigenvalue weighted by Gasteiger charge is -2.29. The molecule has 1 fully saturated rings. The molecule has 0 saturated heterocycles. The highest BCUT2D eigenvalue weighted by Gasteiger charge is 2.27. The van der Waals surface area contributed by atoms with E-state index in [0.717, 1.165) is 38.2 Å². The van der Waals surface area contributed by atoms with Gasteiger partial charge in [0.25, 0.3) is 5.95 Å². The molecule has 1 nitrogen and oxygen atoms in total. The Morgan fingerprint density at radius 1 is 0.885 bits per heavy atom. The fraction of sp³-hybridized carbons (Fsp3) is 0.500. The summed E-state index contributed by atoms with van der Waals surface area (Å²) in [5, 5.41) is 0. The zero-order valence-electron chi connectivity index (χ0n) is 15.3. The van der Waals surface area contributed by atoms with Crippen molar-refractivity contribution < 1.29 is 13.2 Å². The first-order chi connectivity index (χ1) is 12.6. The monoisotopic (exact) mass is 361 g/mol. The minimum atomic E-state index is -1.36. The van der Waals surface area contributed by atoms with Gasteiger partial charge in [-0.25, -0.2) is 4.39 Å². The molecule has 26 heavy (non-hydrogen) atoms. The standard InChI is InChI=1S/C22H26F3N/c1-2-3-4-5-15-6-8-16(9-7-15)17-10-12-18(13-11-17)19-14-20(23)22(25)26-21(19)24/h6-9,14,17-18H,2-5,10-13H2,1H3. The molecule has 1 heterocycles. The minimum absolute atomic E-state index is 0.0813. The third-order valence-corrected chi connectivity index (χ3v) is 5.60. The third-order valence-electron chi connectivity index (χ3n) is 5.60. The maximum absolute atomic E-state index is 13.9. The Bertz CT molecular complexity index is 719. The van der Waals surface area contributed by atoms with Crippen molar-refractivity contribution in [1.82, 2.24) is 4.98 Å². The van der Waals surface area contributed by atoms with Crippen molar-refractivity contribution in [2.75, 3.05) is 0 Å². The van der Waals surface area contributed by atoms with Gasteiger partial charge in [-0.1, -0.05) is 44.0 Å². The maximum Gasteiger partial charge on any atom is 0.251 e. The zero-order chi connectivity index (χ0) is 18.5. The van der Waals surface area contributed by atoms with Crippen LogP contribution in [0.5, 0.6) is 0 Å². The molecule has 0 unspecified atom stereocenters. The second kappa shape index (κ2) is 8.70. The zero-order valence-corrected chi connectivity index (χ0v) is 15.3. The largest absolute Gasteiger partial charge is 0.251 e. The quantitative estimate of drug-likeness (QED) is 0.413. The molecule has 0 radical (unpaired) electrons. The Labute approximate surface area is 153 Å². The van der Waals surface area contributed by atoms with Crippen molar-refractivity contribution in [2.45, 2.75) is 70.1 Å². The average molecular weight is 361 g/mol. The van der Waals surface area contributed by atoms with Crippen LogP contribution < -0.4 is 0 Å². The van der Waals surface area contributed by atoms with Gasteiger partial charge in [-0.05, 0) is 67.6 Å². The van der Waals surface area contributed by atoms with Gasteiger partial charge in [0.2, 0.25) is 5.95 Å². The Morgan fingerprint density at radius 2 is 1.54 bits per heavy atom. The fourth-order valence-electron chi connectivity index (χ4n) is 4.02. The van der Waals surface area contributed by atoms with Crippen LogP contribution in [0.2, 0.25) is 0 Å². The fourth-order valence-corrected chi connectivity index (χ4v) is 4.02. The predicted octanol–water partition coefficient (Wildman–Crippen LogP) is 6.67. The Hall–Kier alpha value is -1.84. The lowest BCUT2D eigenvalue weighted by molar-refractivity contribution is 0.373. The summed E-state index contributed by atoms with van der Waals surface area (Å²) in [6.07, 6.45) is 8.25. The molecule has 3 rings (SSSR count). The summed E-state index contributed by atoms with van der Waals surface area (Å²) in [4.78, 5) is 3.06. The number of nitrogens with zero attached hydrogens (tertiary/aromatic N) is 1. The first-order valence-electron chi connectivity index (χ1n) is 9.68. The van der Waals surface area contributed by atoms with Crippen LogP contribution in [0, 0.1) is 17.7 Å². The van der Waals surface area contributed by atoms with Crippen LogP contribution in [0.15, 0.2) is 30.3 Å². The molecule has 0 bridgehead atoms. The molecule has 1 aliphatic carbocycles. The van der Waals surface area contributed by atoms with Gasteiger partial charge in [-0.2, -0.15) is 13.8 Å². The van der Waals surface area contributed by atoms with Gasteiger partial charge in [-0.3, -0.25) is 0 Å². The predicted molar refractivity (Wildman–Crippen MR) is 97.7 cm³/mol. The first kappa shape index (κ1) is 18.9. The number of aromatic nitrogens is 1. The van der Waals surface area contributed by atoms with Crippen molar-refractivity contribution in [3.63, 3.8) is 0 Å². The summed E-state index contributed by atoms with van der Waals surface area (Å²) in [5.74, 6) is -2.93. The van der Waals surface area contributed by atoms with E-state index in [1.54, 1.807) is 0 Å². The molecule has 140 valence electrons. The summed E-state index contributed by atoms with van der Waals surface area (Å²) in [7, 11) is 0. The maximum atomic E-state index is 13.9. The van der Waals surface area contributed by atoms with E-state index in [1.165, 1.54) is 30.4 Å². The molecular weight excluding hydrogens is 335 g/mol. The van der Waals surface area contributed by atoms with Crippen LogP contribution in [0.3, 0.4) is 0 Å². The molecule has 0 spiro atoms. The highest BCUT2D eigenvalue weighted by molar-refractivity contribution is 5.27. The molecular formula is C22H26F3N. The van der Waals surface area contributed by atoms with Gasteiger partial charge in [0.05, 0.1) is 0 Å². The van der Waals surface area contributed by atoms with E-state index in [4.69, 9.17) is 0 Å². The second-order valence-corrected chi connectivity index (χ2v) is 7.39. The van der Waals surface area contributed by atoms with Gasteiger partial charge >= 0.3 is 0 Å². The summed E-state index contributed by atoms with van der Waals surface area (Å²) in [6, 6.07) is 9.84. The smallest absolute Gasteiger partial charge is 0.202 e. The van der Waals surface area contributed by atoms with Crippen LogP contribution in [0.4, 0.5) is 13.2 Å². The number of unbranched alkanes of at least 4 members (excludes halogenated alkanes) is 2. The van der Waals surface area contributed by atoms with Crippen molar-refractivity contribution in [1.29, 1.82) is 0 Å². The van der Waals surface area contributed by atoms with Crippen LogP contribution in [0.25, 0.3) is 0 Å². The van der Waals surface area contributed by atoms with Gasteiger partial charge in [0.1, 0.15) is 0 Å². The lowest BCUT2D eigenvalue weighted by Crippen LogP contribution is -2.14. The summed E-state index contributed by atoms with van der Waals surface area (Å²) in [5.41, 5.74) is 2.92. The molecule has 4 heteroatoms. The molecule has 1 saturated carbocycles. The minimum Gasteiger partial charge on any atom is -0.202 e. The molecule has 2 aromatic rings. The van der Waals surface area contributed by atoms with Crippen LogP contribution >= 0.6 is 0 Å². The number of hydrogen-bond acceptors (Lipinski definition) is 1. The van der Waals surface area contributed by atoms with E-state index in [1.807, 2.05) is 0 Å². The van der Waals surface area contributed by atoms with E-state index in [2.05, 4.69) is 36.2 Å². The van der Waals surface area contributed by atoms with E-state index in [9.17, 15) is 13.2 Å². The van der Waals surface area contributed by atoms with Crippen molar-refractivity contribution in [3.8, 4) is 0 Å². The van der Waals surface area contributed by atoms with E-state index < -0.39 is 17.7 Å². The first-order valence-corrected chi connectivity index (χ1v) is 9.68. The SMILES string of the molecule is CCCCCc1ccc(C2CCC(c3cc(F)c(F)nc3F)CC2)cc1. The molecule has 0 atom stereocenters. The summed E-state index contributed by atoms with van der Waals surface area (Å²) >= 11 is 0. The molecule has 1 aromatic heterocycles. The number of hydrogen-bond donors (Lipinski definition) is 0. The molecule has 1 aromatic carbocycles. The van der Waals surface area contributed by atoms with Crippen LogP contribution in [-0.2, 0) is 6.42 Å². The van der Waals surface area contributed by atoms with Gasteiger partial charge in [0, 0.05) is 5.56 Å². The highest BCUT2D eigenvalue weighted by atomic mass is 19.2. The van der Waals surface area contributed by atoms with E-state index >= 15 is 0 Å². The van der Waals surface area contributed by atoms with E-state index in [-0.39, 0.29) is 11.5 Å². The normalized spacial score (nSPS) is 20.3. The summed E-state index contributed by atoms with van der Waals surface area (Å²) in [6.45, 7) is 2.21. The number of benzene rings is 1. The van der Waals surface area contributed by atoms with Gasteiger partial charge in [0.15, 0.2) is 5.82 Å². The highest BCUT2D eigenvalue weighted by Crippen LogP contribution is 2.41. The Morgan fingerprint density at radius 3 is 2.19 bits per heavy atom. The van der Waals surface area contributed by atoms with Crippen molar-refractivity contribution in [2.24, 2.45) is 0 Å². The summed E-state index contributed by atoms with van der Waals surface area (Å²) < 4.78 is 40.3. The average Bonchev–Trinajstić information content (AvgIpc) is 2.66. The van der Waals surface area contributed by atoms with Crippen molar-refractivity contribution in [3.05, 3.63) is 64.7 Å². The third kappa shape index (κ3) is 4.46. The molecule has 0 aliphatic heterocycles. The van der Waals surface area contributed by atoms with Gasteiger partial charge in [-0.15, -0.1) is 0 Å². The number of pyridine rings is 1. The van der Waals surface area contributed by atoms with Crippen LogP contribution in [0.1, 0.15) is 80.4 Å². The Balaban J connectivity index is 1.59. The van der Waals surface area contributed by atoms with Crippen LogP contribution in [-0.4, -0.2) is 4.98 Å².